The third kappa shape index (κ3) is 5.58. The number of halogens is 1. The van der Waals surface area contributed by atoms with Crippen molar-refractivity contribution >= 4 is 17.4 Å². The van der Waals surface area contributed by atoms with Gasteiger partial charge in [0.25, 0.3) is 0 Å². The third-order valence-corrected chi connectivity index (χ3v) is 6.19. The molecule has 3 unspecified atom stereocenters. The molecule has 32 heavy (non-hydrogen) atoms. The van der Waals surface area contributed by atoms with Crippen LogP contribution in [0.3, 0.4) is 0 Å². The van der Waals surface area contributed by atoms with Gasteiger partial charge in [-0.2, -0.15) is 0 Å². The van der Waals surface area contributed by atoms with Crippen LogP contribution in [0.4, 0.5) is 20.6 Å². The van der Waals surface area contributed by atoms with Crippen molar-refractivity contribution in [1.29, 1.82) is 0 Å². The van der Waals surface area contributed by atoms with Crippen molar-refractivity contribution in [2.24, 2.45) is 0 Å². The fourth-order valence-electron chi connectivity index (χ4n) is 4.77. The van der Waals surface area contributed by atoms with Gasteiger partial charge in [0.05, 0.1) is 23.9 Å². The predicted octanol–water partition coefficient (Wildman–Crippen LogP) is 4.40. The van der Waals surface area contributed by atoms with E-state index in [1.807, 2.05) is 36.9 Å². The summed E-state index contributed by atoms with van der Waals surface area (Å²) in [5.41, 5.74) is 2.17. The van der Waals surface area contributed by atoms with E-state index in [1.54, 1.807) is 12.1 Å². The molecule has 0 saturated carbocycles. The molecule has 0 spiro atoms. The predicted molar refractivity (Wildman–Crippen MR) is 126 cm³/mol. The summed E-state index contributed by atoms with van der Waals surface area (Å²) in [4.78, 5) is 17.0. The van der Waals surface area contributed by atoms with Crippen LogP contribution in [0.2, 0.25) is 0 Å². The average Bonchev–Trinajstić information content (AvgIpc) is 3.28. The normalized spacial score (nSPS) is 22.5. The molecule has 2 aliphatic heterocycles. The van der Waals surface area contributed by atoms with Crippen LogP contribution < -0.4 is 15.5 Å². The highest BCUT2D eigenvalue weighted by Crippen LogP contribution is 2.27. The number of anilines is 2. The van der Waals surface area contributed by atoms with Gasteiger partial charge in [-0.1, -0.05) is 30.3 Å². The summed E-state index contributed by atoms with van der Waals surface area (Å²) in [5, 5.41) is 5.75. The van der Waals surface area contributed by atoms with Gasteiger partial charge >= 0.3 is 6.03 Å². The number of hydrogen-bond acceptors (Lipinski definition) is 4. The molecule has 2 aliphatic rings. The number of hydrogen-bond donors (Lipinski definition) is 2. The van der Waals surface area contributed by atoms with Crippen molar-refractivity contribution in [3.8, 4) is 0 Å². The smallest absolute Gasteiger partial charge is 0.319 e. The van der Waals surface area contributed by atoms with E-state index in [0.29, 0.717) is 31.0 Å². The Balaban J connectivity index is 1.36. The van der Waals surface area contributed by atoms with E-state index in [2.05, 4.69) is 27.7 Å². The maximum absolute atomic E-state index is 14.8. The largest absolute Gasteiger partial charge is 0.372 e. The SMILES string of the molecule is CC1CN(c2ccc(NC(=O)NCC(c3ccccc3)N3CCCC3)cc2F)CC(C)O1. The Hall–Kier alpha value is -2.64. The molecule has 3 atom stereocenters. The van der Waals surface area contributed by atoms with Crippen molar-refractivity contribution in [2.75, 3.05) is 42.9 Å². The number of nitrogens with zero attached hydrogens (tertiary/aromatic N) is 2. The lowest BCUT2D eigenvalue weighted by Crippen LogP contribution is -2.45. The summed E-state index contributed by atoms with van der Waals surface area (Å²) in [6, 6.07) is 14.9. The molecule has 2 saturated heterocycles. The van der Waals surface area contributed by atoms with Gasteiger partial charge in [-0.3, -0.25) is 4.90 Å². The number of ether oxygens (including phenoxy) is 1. The minimum atomic E-state index is -0.344. The molecule has 2 aromatic rings. The molecule has 0 bridgehead atoms. The summed E-state index contributed by atoms with van der Waals surface area (Å²) >= 11 is 0. The summed E-state index contributed by atoms with van der Waals surface area (Å²) in [6.07, 6.45) is 2.47. The molecule has 0 radical (unpaired) electrons. The van der Waals surface area contributed by atoms with E-state index in [1.165, 1.54) is 24.5 Å². The molecule has 4 rings (SSSR count). The fraction of sp³-hybridized carbons (Fsp3) is 0.480. The lowest BCUT2D eigenvalue weighted by Gasteiger charge is -2.37. The molecule has 2 fully saturated rings. The number of nitrogens with one attached hydrogen (secondary N) is 2. The minimum Gasteiger partial charge on any atom is -0.372 e. The van der Waals surface area contributed by atoms with E-state index in [-0.39, 0.29) is 30.1 Å². The Morgan fingerprint density at radius 3 is 2.44 bits per heavy atom. The Bertz CT molecular complexity index is 894. The number of carbonyl (C=O) groups is 1. The maximum atomic E-state index is 14.8. The number of morpholine rings is 1. The van der Waals surface area contributed by atoms with Crippen molar-refractivity contribution in [3.05, 3.63) is 59.9 Å². The zero-order valence-corrected chi connectivity index (χ0v) is 18.9. The molecular weight excluding hydrogens is 407 g/mol. The summed E-state index contributed by atoms with van der Waals surface area (Å²) < 4.78 is 20.6. The van der Waals surface area contributed by atoms with Crippen LogP contribution in [0.1, 0.15) is 38.3 Å². The maximum Gasteiger partial charge on any atom is 0.319 e. The quantitative estimate of drug-likeness (QED) is 0.699. The Kier molecular flexibility index (Phi) is 7.27. The second-order valence-corrected chi connectivity index (χ2v) is 8.83. The molecule has 6 nitrogen and oxygen atoms in total. The number of amides is 2. The average molecular weight is 441 g/mol. The van der Waals surface area contributed by atoms with E-state index in [0.717, 1.165) is 13.1 Å². The first kappa shape index (κ1) is 22.6. The van der Waals surface area contributed by atoms with Crippen LogP contribution in [-0.2, 0) is 4.74 Å². The number of likely N-dealkylation sites (tertiary alicyclic amines) is 1. The van der Waals surface area contributed by atoms with Gasteiger partial charge in [-0.15, -0.1) is 0 Å². The lowest BCUT2D eigenvalue weighted by atomic mass is 10.1. The van der Waals surface area contributed by atoms with Gasteiger partial charge in [-0.05, 0) is 63.5 Å². The molecule has 7 heteroatoms. The van der Waals surface area contributed by atoms with Gasteiger partial charge in [0.15, 0.2) is 0 Å². The van der Waals surface area contributed by atoms with Crippen molar-refractivity contribution < 1.29 is 13.9 Å². The van der Waals surface area contributed by atoms with Crippen LogP contribution in [0.5, 0.6) is 0 Å². The highest BCUT2D eigenvalue weighted by molar-refractivity contribution is 5.89. The Morgan fingerprint density at radius 2 is 1.78 bits per heavy atom. The van der Waals surface area contributed by atoms with Crippen LogP contribution in [0.15, 0.2) is 48.5 Å². The van der Waals surface area contributed by atoms with Crippen molar-refractivity contribution in [3.63, 3.8) is 0 Å². The standard InChI is InChI=1S/C25H33FN4O2/c1-18-16-30(17-19(2)32-18)23-11-10-21(14-22(23)26)28-25(31)27-15-24(29-12-6-7-13-29)20-8-4-3-5-9-20/h3-5,8-11,14,18-19,24H,6-7,12-13,15-17H2,1-2H3,(H2,27,28,31). The molecule has 2 aromatic carbocycles. The monoisotopic (exact) mass is 440 g/mol. The molecule has 172 valence electrons. The van der Waals surface area contributed by atoms with Crippen molar-refractivity contribution in [1.82, 2.24) is 10.2 Å². The van der Waals surface area contributed by atoms with Crippen LogP contribution in [0.25, 0.3) is 0 Å². The summed E-state index contributed by atoms with van der Waals surface area (Å²) in [7, 11) is 0. The summed E-state index contributed by atoms with van der Waals surface area (Å²) in [5.74, 6) is -0.344. The van der Waals surface area contributed by atoms with E-state index < -0.39 is 0 Å². The molecule has 0 aromatic heterocycles. The third-order valence-electron chi connectivity index (χ3n) is 6.19. The first-order chi connectivity index (χ1) is 15.5. The number of carbonyl (C=O) groups excluding carboxylic acids is 1. The first-order valence-corrected chi connectivity index (χ1v) is 11.5. The molecule has 2 N–H and O–H groups in total. The Morgan fingerprint density at radius 1 is 1.09 bits per heavy atom. The number of rotatable bonds is 6. The van der Waals surface area contributed by atoms with Crippen molar-refractivity contribution in [2.45, 2.75) is 44.9 Å². The lowest BCUT2D eigenvalue weighted by molar-refractivity contribution is -0.00539. The van der Waals surface area contributed by atoms with Gasteiger partial charge < -0.3 is 20.3 Å². The molecule has 2 heterocycles. The molecular formula is C25H33FN4O2. The number of urea groups is 1. The van der Waals surface area contributed by atoms with E-state index in [4.69, 9.17) is 4.74 Å². The second-order valence-electron chi connectivity index (χ2n) is 8.83. The second kappa shape index (κ2) is 10.3. The van der Waals surface area contributed by atoms with Gasteiger partial charge in [0.2, 0.25) is 0 Å². The van der Waals surface area contributed by atoms with Crippen LogP contribution >= 0.6 is 0 Å². The van der Waals surface area contributed by atoms with Gasteiger partial charge in [0, 0.05) is 25.3 Å². The van der Waals surface area contributed by atoms with Crippen LogP contribution in [0, 0.1) is 5.82 Å². The van der Waals surface area contributed by atoms with Crippen LogP contribution in [-0.4, -0.2) is 55.9 Å². The van der Waals surface area contributed by atoms with E-state index >= 15 is 0 Å². The van der Waals surface area contributed by atoms with E-state index in [9.17, 15) is 9.18 Å². The fourth-order valence-corrected chi connectivity index (χ4v) is 4.77. The zero-order chi connectivity index (χ0) is 22.5. The van der Waals surface area contributed by atoms with Gasteiger partial charge in [-0.25, -0.2) is 9.18 Å². The highest BCUT2D eigenvalue weighted by atomic mass is 19.1. The first-order valence-electron chi connectivity index (χ1n) is 11.5. The number of benzene rings is 2. The Labute approximate surface area is 189 Å². The minimum absolute atomic E-state index is 0.0508. The molecule has 2 amide bonds. The van der Waals surface area contributed by atoms with Gasteiger partial charge in [0.1, 0.15) is 5.82 Å². The topological polar surface area (TPSA) is 56.8 Å². The highest BCUT2D eigenvalue weighted by Gasteiger charge is 2.25. The summed E-state index contributed by atoms with van der Waals surface area (Å²) in [6.45, 7) is 7.84. The molecule has 0 aliphatic carbocycles. The zero-order valence-electron chi connectivity index (χ0n) is 18.9.